The van der Waals surface area contributed by atoms with Gasteiger partial charge >= 0.3 is 0 Å². The van der Waals surface area contributed by atoms with E-state index in [1.807, 2.05) is 0 Å². The number of aromatic hydroxyl groups is 1. The van der Waals surface area contributed by atoms with Gasteiger partial charge in [-0.2, -0.15) is 4.98 Å². The van der Waals surface area contributed by atoms with Crippen LogP contribution in [0, 0.1) is 0 Å². The summed E-state index contributed by atoms with van der Waals surface area (Å²) in [5, 5.41) is 15.7. The third-order valence-corrected chi connectivity index (χ3v) is 3.96. The molecule has 7 nitrogen and oxygen atoms in total. The van der Waals surface area contributed by atoms with Crippen LogP contribution >= 0.6 is 15.9 Å². The van der Waals surface area contributed by atoms with E-state index in [-0.39, 0.29) is 5.75 Å². The average Bonchev–Trinajstić information content (AvgIpc) is 2.59. The van der Waals surface area contributed by atoms with Gasteiger partial charge in [-0.15, -0.1) is 0 Å². The number of phenolic OH excluding ortho intramolecular Hbond substituents is 1. The molecule has 3 aromatic rings. The molecule has 2 aromatic carbocycles. The lowest BCUT2D eigenvalue weighted by Crippen LogP contribution is -2.11. The molecular weight excluding hydrogens is 386 g/mol. The Hall–Kier alpha value is -3.13. The number of rotatable bonds is 5. The summed E-state index contributed by atoms with van der Waals surface area (Å²) >= 11 is 3.41. The van der Waals surface area contributed by atoms with E-state index in [2.05, 4.69) is 36.5 Å². The highest BCUT2D eigenvalue weighted by atomic mass is 79.9. The number of benzene rings is 2. The fourth-order valence-corrected chi connectivity index (χ4v) is 2.46. The predicted molar refractivity (Wildman–Crippen MR) is 99.4 cm³/mol. The van der Waals surface area contributed by atoms with Gasteiger partial charge in [-0.1, -0.05) is 6.07 Å². The average molecular weight is 400 g/mol. The first-order valence-corrected chi connectivity index (χ1v) is 8.06. The number of amides is 1. The number of nitrogens with one attached hydrogen (secondary N) is 2. The number of aromatic nitrogens is 2. The lowest BCUT2D eigenvalue weighted by atomic mass is 10.2. The summed E-state index contributed by atoms with van der Waals surface area (Å²) in [6, 6.07) is 13.3. The molecule has 0 bridgehead atoms. The number of carbonyl (C=O) groups excluding carboxylic acids is 1. The summed E-state index contributed by atoms with van der Waals surface area (Å²) in [4.78, 5) is 19.8. The van der Waals surface area contributed by atoms with Crippen LogP contribution in [0.3, 0.4) is 0 Å². The molecule has 0 unspecified atom stereocenters. The first-order chi connectivity index (χ1) is 12.0. The van der Waals surface area contributed by atoms with Gasteiger partial charge < -0.3 is 21.5 Å². The molecule has 0 atom stereocenters. The lowest BCUT2D eigenvalue weighted by molar-refractivity contribution is 0.100. The monoisotopic (exact) mass is 399 g/mol. The Labute approximate surface area is 152 Å². The summed E-state index contributed by atoms with van der Waals surface area (Å²) in [7, 11) is 0. The van der Waals surface area contributed by atoms with E-state index < -0.39 is 5.91 Å². The normalized spacial score (nSPS) is 10.3. The Kier molecular flexibility index (Phi) is 4.80. The van der Waals surface area contributed by atoms with Crippen LogP contribution in [0.25, 0.3) is 0 Å². The van der Waals surface area contributed by atoms with Crippen LogP contribution in [0.1, 0.15) is 10.4 Å². The van der Waals surface area contributed by atoms with E-state index in [9.17, 15) is 9.90 Å². The van der Waals surface area contributed by atoms with Gasteiger partial charge in [-0.3, -0.25) is 4.79 Å². The molecule has 126 valence electrons. The minimum Gasteiger partial charge on any atom is -0.508 e. The van der Waals surface area contributed by atoms with Crippen molar-refractivity contribution in [1.29, 1.82) is 0 Å². The summed E-state index contributed by atoms with van der Waals surface area (Å²) in [5.41, 5.74) is 6.98. The zero-order valence-corrected chi connectivity index (χ0v) is 14.5. The van der Waals surface area contributed by atoms with Gasteiger partial charge in [0.2, 0.25) is 11.9 Å². The quantitative estimate of drug-likeness (QED) is 0.521. The Morgan fingerprint density at radius 2 is 1.96 bits per heavy atom. The second kappa shape index (κ2) is 7.18. The molecule has 0 saturated heterocycles. The Morgan fingerprint density at radius 1 is 1.12 bits per heavy atom. The summed E-state index contributed by atoms with van der Waals surface area (Å²) in [5.74, 6) is 0.521. The molecule has 3 rings (SSSR count). The van der Waals surface area contributed by atoms with Crippen LogP contribution in [0.5, 0.6) is 5.75 Å². The maximum Gasteiger partial charge on any atom is 0.248 e. The number of carbonyl (C=O) groups is 1. The molecular formula is C17H14BrN5O2. The van der Waals surface area contributed by atoms with Crippen LogP contribution in [0.4, 0.5) is 23.1 Å². The van der Waals surface area contributed by atoms with Crippen molar-refractivity contribution in [3.8, 4) is 5.75 Å². The topological polar surface area (TPSA) is 113 Å². The maximum atomic E-state index is 11.3. The standard InChI is InChI=1S/C17H14BrN5O2/c18-13-5-4-12(24)9-14(13)22-15-6-7-20-17(23-15)21-11-3-1-2-10(8-11)16(19)25/h1-9,24H,(H2,19,25)(H2,20,21,22,23). The van der Waals surface area contributed by atoms with Crippen LogP contribution in [-0.4, -0.2) is 21.0 Å². The van der Waals surface area contributed by atoms with E-state index in [0.29, 0.717) is 28.7 Å². The summed E-state index contributed by atoms with van der Waals surface area (Å²) in [6.45, 7) is 0. The predicted octanol–water partition coefficient (Wildman–Crippen LogP) is 3.53. The van der Waals surface area contributed by atoms with E-state index in [4.69, 9.17) is 5.73 Å². The number of hydrogen-bond acceptors (Lipinski definition) is 6. The molecule has 1 aromatic heterocycles. The number of nitrogens with two attached hydrogens (primary N) is 1. The minimum atomic E-state index is -0.506. The summed E-state index contributed by atoms with van der Waals surface area (Å²) < 4.78 is 0.785. The van der Waals surface area contributed by atoms with E-state index in [1.165, 1.54) is 0 Å². The van der Waals surface area contributed by atoms with Gasteiger partial charge in [0.15, 0.2) is 0 Å². The van der Waals surface area contributed by atoms with Crippen LogP contribution in [-0.2, 0) is 0 Å². The number of phenols is 1. The highest BCUT2D eigenvalue weighted by Crippen LogP contribution is 2.29. The molecule has 0 radical (unpaired) electrons. The molecule has 0 fully saturated rings. The van der Waals surface area contributed by atoms with Gasteiger partial charge in [-0.05, 0) is 52.3 Å². The summed E-state index contributed by atoms with van der Waals surface area (Å²) in [6.07, 6.45) is 1.59. The molecule has 1 heterocycles. The fourth-order valence-electron chi connectivity index (χ4n) is 2.11. The second-order valence-electron chi connectivity index (χ2n) is 5.12. The van der Waals surface area contributed by atoms with Crippen molar-refractivity contribution in [2.45, 2.75) is 0 Å². The molecule has 0 aliphatic carbocycles. The highest BCUT2D eigenvalue weighted by Gasteiger charge is 2.06. The third-order valence-electron chi connectivity index (χ3n) is 3.27. The number of anilines is 4. The Morgan fingerprint density at radius 3 is 2.76 bits per heavy atom. The third kappa shape index (κ3) is 4.24. The van der Waals surface area contributed by atoms with E-state index in [1.54, 1.807) is 54.7 Å². The number of hydrogen-bond donors (Lipinski definition) is 4. The van der Waals surface area contributed by atoms with E-state index >= 15 is 0 Å². The molecule has 25 heavy (non-hydrogen) atoms. The van der Waals surface area contributed by atoms with E-state index in [0.717, 1.165) is 4.47 Å². The molecule has 8 heteroatoms. The lowest BCUT2D eigenvalue weighted by Gasteiger charge is -2.10. The highest BCUT2D eigenvalue weighted by molar-refractivity contribution is 9.10. The van der Waals surface area contributed by atoms with Gasteiger partial charge in [0, 0.05) is 28.0 Å². The van der Waals surface area contributed by atoms with Crippen LogP contribution < -0.4 is 16.4 Å². The van der Waals surface area contributed by atoms with Crippen molar-refractivity contribution in [2.75, 3.05) is 10.6 Å². The van der Waals surface area contributed by atoms with Crippen molar-refractivity contribution in [2.24, 2.45) is 5.73 Å². The zero-order chi connectivity index (χ0) is 17.8. The Bertz CT molecular complexity index is 932. The molecule has 0 aliphatic heterocycles. The van der Waals surface area contributed by atoms with Crippen molar-refractivity contribution < 1.29 is 9.90 Å². The minimum absolute atomic E-state index is 0.140. The SMILES string of the molecule is NC(=O)c1cccc(Nc2nccc(Nc3cc(O)ccc3Br)n2)c1. The molecule has 0 aliphatic rings. The second-order valence-corrected chi connectivity index (χ2v) is 5.98. The van der Waals surface area contributed by atoms with Crippen molar-refractivity contribution in [3.05, 3.63) is 64.8 Å². The molecule has 1 amide bonds. The Balaban J connectivity index is 1.81. The molecule has 0 spiro atoms. The first kappa shape index (κ1) is 16.7. The maximum absolute atomic E-state index is 11.3. The smallest absolute Gasteiger partial charge is 0.248 e. The molecule has 0 saturated carbocycles. The van der Waals surface area contributed by atoms with Crippen LogP contribution in [0.15, 0.2) is 59.2 Å². The first-order valence-electron chi connectivity index (χ1n) is 7.27. The number of halogens is 1. The van der Waals surface area contributed by atoms with Gasteiger partial charge in [0.05, 0.1) is 5.69 Å². The van der Waals surface area contributed by atoms with Gasteiger partial charge in [0.25, 0.3) is 0 Å². The van der Waals surface area contributed by atoms with Crippen molar-refractivity contribution in [1.82, 2.24) is 9.97 Å². The fraction of sp³-hybridized carbons (Fsp3) is 0. The largest absolute Gasteiger partial charge is 0.508 e. The molecule has 5 N–H and O–H groups in total. The number of primary amides is 1. The van der Waals surface area contributed by atoms with Gasteiger partial charge in [-0.25, -0.2) is 4.98 Å². The van der Waals surface area contributed by atoms with Crippen LogP contribution in [0.2, 0.25) is 0 Å². The van der Waals surface area contributed by atoms with Crippen molar-refractivity contribution >= 4 is 45.0 Å². The van der Waals surface area contributed by atoms with Crippen molar-refractivity contribution in [3.63, 3.8) is 0 Å². The zero-order valence-electron chi connectivity index (χ0n) is 12.9. The number of nitrogens with zero attached hydrogens (tertiary/aromatic N) is 2. The van der Waals surface area contributed by atoms with Gasteiger partial charge in [0.1, 0.15) is 11.6 Å².